The molecule has 3 N–H and O–H groups in total. The third-order valence-corrected chi connectivity index (χ3v) is 4.05. The molecule has 2 rings (SSSR count). The quantitative estimate of drug-likeness (QED) is 0.393. The van der Waals surface area contributed by atoms with Gasteiger partial charge in [0.2, 0.25) is 5.91 Å². The van der Waals surface area contributed by atoms with Crippen LogP contribution in [-0.4, -0.2) is 31.5 Å². The lowest BCUT2D eigenvalue weighted by Crippen LogP contribution is -2.24. The summed E-state index contributed by atoms with van der Waals surface area (Å²) in [6.45, 7) is 8.96. The van der Waals surface area contributed by atoms with Gasteiger partial charge in [0.05, 0.1) is 12.2 Å². The van der Waals surface area contributed by atoms with E-state index in [1.165, 1.54) is 0 Å². The number of carbonyl (C=O) groups excluding carboxylic acids is 2. The third kappa shape index (κ3) is 7.70. The van der Waals surface area contributed by atoms with Crippen LogP contribution in [0.3, 0.4) is 0 Å². The molecule has 0 radical (unpaired) electrons. The van der Waals surface area contributed by atoms with Crippen molar-refractivity contribution in [2.45, 2.75) is 26.7 Å². The lowest BCUT2D eigenvalue weighted by molar-refractivity contribution is -0.114. The van der Waals surface area contributed by atoms with Crippen molar-refractivity contribution in [3.8, 4) is 5.75 Å². The first-order chi connectivity index (χ1) is 14.0. The second-order valence-electron chi connectivity index (χ2n) is 6.83. The maximum atomic E-state index is 12.2. The molecular formula is C23H29N3O3. The second-order valence-corrected chi connectivity index (χ2v) is 6.83. The van der Waals surface area contributed by atoms with Gasteiger partial charge in [-0.05, 0) is 55.3 Å². The number of carbonyl (C=O) groups is 2. The molecule has 0 bridgehead atoms. The zero-order chi connectivity index (χ0) is 21.1. The average Bonchev–Trinajstić information content (AvgIpc) is 2.72. The van der Waals surface area contributed by atoms with Crippen LogP contribution in [0.4, 0.5) is 11.4 Å². The number of rotatable bonds is 11. The first-order valence-corrected chi connectivity index (χ1v) is 9.77. The van der Waals surface area contributed by atoms with Crippen LogP contribution in [0.5, 0.6) is 5.75 Å². The van der Waals surface area contributed by atoms with E-state index in [2.05, 4.69) is 29.5 Å². The highest BCUT2D eigenvalue weighted by Crippen LogP contribution is 2.24. The number of ether oxygens (including phenoxy) is 1. The number of unbranched alkanes of at least 4 members (excludes halogenated alkanes) is 1. The summed E-state index contributed by atoms with van der Waals surface area (Å²) in [6, 6.07) is 14.3. The van der Waals surface area contributed by atoms with Crippen molar-refractivity contribution < 1.29 is 14.3 Å². The Kier molecular flexibility index (Phi) is 8.76. The highest BCUT2D eigenvalue weighted by atomic mass is 16.5. The molecule has 0 saturated carbocycles. The van der Waals surface area contributed by atoms with Gasteiger partial charge in [0.25, 0.3) is 5.91 Å². The molecule has 6 heteroatoms. The van der Waals surface area contributed by atoms with Crippen LogP contribution in [0.1, 0.15) is 37.0 Å². The van der Waals surface area contributed by atoms with Gasteiger partial charge >= 0.3 is 0 Å². The summed E-state index contributed by atoms with van der Waals surface area (Å²) in [4.78, 5) is 24.3. The minimum atomic E-state index is -0.195. The Morgan fingerprint density at radius 3 is 2.48 bits per heavy atom. The SMILES string of the molecule is C=C(C)COc1ccccc1NCC(=O)Nc1ccc(C(=O)NCCCC)cc1. The molecule has 0 fully saturated rings. The van der Waals surface area contributed by atoms with E-state index < -0.39 is 0 Å². The molecular weight excluding hydrogens is 366 g/mol. The van der Waals surface area contributed by atoms with Gasteiger partial charge in [-0.3, -0.25) is 9.59 Å². The topological polar surface area (TPSA) is 79.5 Å². The molecule has 2 aromatic carbocycles. The lowest BCUT2D eigenvalue weighted by Gasteiger charge is -2.13. The normalized spacial score (nSPS) is 10.1. The smallest absolute Gasteiger partial charge is 0.251 e. The van der Waals surface area contributed by atoms with Gasteiger partial charge in [-0.2, -0.15) is 0 Å². The van der Waals surface area contributed by atoms with Crippen molar-refractivity contribution in [2.24, 2.45) is 0 Å². The molecule has 0 spiro atoms. The summed E-state index contributed by atoms with van der Waals surface area (Å²) in [5, 5.41) is 8.76. The van der Waals surface area contributed by atoms with E-state index in [0.717, 1.165) is 24.1 Å². The van der Waals surface area contributed by atoms with Gasteiger partial charge in [-0.25, -0.2) is 0 Å². The number of amides is 2. The number of hydrogen-bond donors (Lipinski definition) is 3. The van der Waals surface area contributed by atoms with E-state index in [0.29, 0.717) is 30.2 Å². The van der Waals surface area contributed by atoms with Gasteiger partial charge in [0.1, 0.15) is 12.4 Å². The fourth-order valence-corrected chi connectivity index (χ4v) is 2.51. The molecule has 0 saturated heterocycles. The Balaban J connectivity index is 1.85. The zero-order valence-corrected chi connectivity index (χ0v) is 17.1. The van der Waals surface area contributed by atoms with E-state index in [1.807, 2.05) is 31.2 Å². The molecule has 0 aromatic heterocycles. The number of hydrogen-bond acceptors (Lipinski definition) is 4. The van der Waals surface area contributed by atoms with Crippen molar-refractivity contribution >= 4 is 23.2 Å². The van der Waals surface area contributed by atoms with Crippen molar-refractivity contribution in [2.75, 3.05) is 30.3 Å². The van der Waals surface area contributed by atoms with Crippen LogP contribution < -0.4 is 20.7 Å². The Labute approximate surface area is 172 Å². The minimum Gasteiger partial charge on any atom is -0.487 e. The highest BCUT2D eigenvalue weighted by Gasteiger charge is 2.08. The van der Waals surface area contributed by atoms with Gasteiger partial charge in [-0.15, -0.1) is 0 Å². The van der Waals surface area contributed by atoms with E-state index >= 15 is 0 Å². The molecule has 29 heavy (non-hydrogen) atoms. The van der Waals surface area contributed by atoms with Crippen LogP contribution in [0.15, 0.2) is 60.7 Å². The maximum absolute atomic E-state index is 12.2. The predicted molar refractivity (Wildman–Crippen MR) is 118 cm³/mol. The van der Waals surface area contributed by atoms with Gasteiger partial charge in [0, 0.05) is 17.8 Å². The zero-order valence-electron chi connectivity index (χ0n) is 17.1. The molecule has 6 nitrogen and oxygen atoms in total. The fraction of sp³-hybridized carbons (Fsp3) is 0.304. The van der Waals surface area contributed by atoms with Crippen molar-refractivity contribution in [3.63, 3.8) is 0 Å². The number of benzene rings is 2. The molecule has 154 valence electrons. The van der Waals surface area contributed by atoms with Gasteiger partial charge in [-0.1, -0.05) is 32.1 Å². The third-order valence-electron chi connectivity index (χ3n) is 4.05. The molecule has 0 aliphatic carbocycles. The van der Waals surface area contributed by atoms with Crippen LogP contribution in [-0.2, 0) is 4.79 Å². The largest absolute Gasteiger partial charge is 0.487 e. The van der Waals surface area contributed by atoms with Crippen LogP contribution in [0, 0.1) is 0 Å². The first kappa shape index (κ1) is 22.0. The van der Waals surface area contributed by atoms with Crippen molar-refractivity contribution in [3.05, 3.63) is 66.2 Å². The molecule has 0 aliphatic heterocycles. The van der Waals surface area contributed by atoms with Crippen molar-refractivity contribution in [1.82, 2.24) is 5.32 Å². The van der Waals surface area contributed by atoms with E-state index in [4.69, 9.17) is 4.74 Å². The predicted octanol–water partition coefficient (Wildman–Crippen LogP) is 4.22. The van der Waals surface area contributed by atoms with Gasteiger partial charge in [0.15, 0.2) is 0 Å². The first-order valence-electron chi connectivity index (χ1n) is 9.77. The lowest BCUT2D eigenvalue weighted by atomic mass is 10.2. The average molecular weight is 396 g/mol. The molecule has 2 aromatic rings. The monoisotopic (exact) mass is 395 g/mol. The molecule has 0 aliphatic rings. The summed E-state index contributed by atoms with van der Waals surface area (Å²) in [6.07, 6.45) is 1.98. The Hall–Kier alpha value is -3.28. The standard InChI is InChI=1S/C23H29N3O3/c1-4-5-14-24-23(28)18-10-12-19(13-11-18)26-22(27)15-25-20-8-6-7-9-21(20)29-16-17(2)3/h6-13,25H,2,4-5,14-16H2,1,3H3,(H,24,28)(H,26,27). The highest BCUT2D eigenvalue weighted by molar-refractivity contribution is 5.96. The Bertz CT molecular complexity index is 832. The fourth-order valence-electron chi connectivity index (χ4n) is 2.51. The summed E-state index contributed by atoms with van der Waals surface area (Å²) >= 11 is 0. The summed E-state index contributed by atoms with van der Waals surface area (Å²) < 4.78 is 5.69. The van der Waals surface area contributed by atoms with E-state index in [-0.39, 0.29) is 18.4 Å². The second kappa shape index (κ2) is 11.5. The summed E-state index contributed by atoms with van der Waals surface area (Å²) in [7, 11) is 0. The number of anilines is 2. The molecule has 2 amide bonds. The minimum absolute atomic E-state index is 0.0900. The summed E-state index contributed by atoms with van der Waals surface area (Å²) in [5.74, 6) is 0.367. The van der Waals surface area contributed by atoms with Crippen LogP contribution in [0.2, 0.25) is 0 Å². The van der Waals surface area contributed by atoms with E-state index in [9.17, 15) is 9.59 Å². The molecule has 0 atom stereocenters. The van der Waals surface area contributed by atoms with Gasteiger partial charge < -0.3 is 20.7 Å². The Morgan fingerprint density at radius 2 is 1.79 bits per heavy atom. The maximum Gasteiger partial charge on any atom is 0.251 e. The Morgan fingerprint density at radius 1 is 1.07 bits per heavy atom. The van der Waals surface area contributed by atoms with Crippen LogP contribution >= 0.6 is 0 Å². The number of nitrogens with one attached hydrogen (secondary N) is 3. The van der Waals surface area contributed by atoms with Crippen molar-refractivity contribution in [1.29, 1.82) is 0 Å². The molecule has 0 heterocycles. The number of para-hydroxylation sites is 2. The molecule has 0 unspecified atom stereocenters. The van der Waals surface area contributed by atoms with E-state index in [1.54, 1.807) is 24.3 Å². The van der Waals surface area contributed by atoms with Crippen LogP contribution in [0.25, 0.3) is 0 Å². The summed E-state index contributed by atoms with van der Waals surface area (Å²) in [5.41, 5.74) is 2.86.